The van der Waals surface area contributed by atoms with E-state index in [1.54, 1.807) is 23.7 Å². The third-order valence-electron chi connectivity index (χ3n) is 7.38. The Hall–Kier alpha value is -4.80. The fraction of sp³-hybridized carbons (Fsp3) is 0.312. The summed E-state index contributed by atoms with van der Waals surface area (Å²) in [5.41, 5.74) is 3.20. The monoisotopic (exact) mass is 587 g/mol. The molecule has 0 saturated carbocycles. The predicted octanol–water partition coefficient (Wildman–Crippen LogP) is 6.07. The maximum atomic E-state index is 14.1. The fourth-order valence-electron chi connectivity index (χ4n) is 4.84. The lowest BCUT2D eigenvalue weighted by Crippen LogP contribution is -2.49. The molecule has 2 N–H and O–H groups in total. The number of nitrogens with zero attached hydrogens (tertiary/aromatic N) is 5. The Morgan fingerprint density at radius 2 is 1.51 bits per heavy atom. The molecule has 4 aromatic rings. The van der Waals surface area contributed by atoms with Gasteiger partial charge >= 0.3 is 6.03 Å². The Labute approximate surface area is 249 Å². The van der Waals surface area contributed by atoms with Gasteiger partial charge in [0.1, 0.15) is 28.8 Å². The molecule has 0 radical (unpaired) electrons. The summed E-state index contributed by atoms with van der Waals surface area (Å²) >= 11 is 0. The van der Waals surface area contributed by atoms with E-state index in [1.165, 1.54) is 11.0 Å². The molecule has 1 aliphatic rings. The van der Waals surface area contributed by atoms with Gasteiger partial charge in [0, 0.05) is 37.7 Å². The summed E-state index contributed by atoms with van der Waals surface area (Å²) in [6.07, 6.45) is 0. The van der Waals surface area contributed by atoms with Gasteiger partial charge < -0.3 is 15.1 Å². The molecule has 0 bridgehead atoms. The molecule has 3 heterocycles. The summed E-state index contributed by atoms with van der Waals surface area (Å²) in [7, 11) is 0. The average Bonchev–Trinajstić information content (AvgIpc) is 3.39. The number of urea groups is 1. The van der Waals surface area contributed by atoms with Crippen LogP contribution in [0.5, 0.6) is 0 Å². The molecule has 224 valence electrons. The van der Waals surface area contributed by atoms with E-state index in [0.717, 1.165) is 29.1 Å². The predicted molar refractivity (Wildman–Crippen MR) is 163 cm³/mol. The Balaban J connectivity index is 1.24. The number of carbonyl (C=O) groups is 2. The van der Waals surface area contributed by atoms with Crippen LogP contribution in [0.4, 0.5) is 30.9 Å². The van der Waals surface area contributed by atoms with Crippen molar-refractivity contribution in [1.82, 2.24) is 19.7 Å². The quantitative estimate of drug-likeness (QED) is 0.296. The number of pyridine rings is 1. The number of benzene rings is 2. The number of amides is 3. The Morgan fingerprint density at radius 3 is 2.12 bits per heavy atom. The molecule has 1 aliphatic heterocycles. The van der Waals surface area contributed by atoms with Crippen molar-refractivity contribution in [2.75, 3.05) is 41.7 Å². The number of anilines is 3. The van der Waals surface area contributed by atoms with Crippen LogP contribution in [0.3, 0.4) is 0 Å². The zero-order chi connectivity index (χ0) is 30.9. The van der Waals surface area contributed by atoms with Crippen LogP contribution in [0.15, 0.2) is 60.7 Å². The molecule has 0 atom stereocenters. The SMILES string of the molecule is Cc1ccc(-n2nc(C(C)(C)C)cc2NC(=O)Nc2ccc(N3CCN(C(=O)c4c(F)cccc4F)CC3)nc2C)cc1. The van der Waals surface area contributed by atoms with Crippen molar-refractivity contribution in [3.05, 3.63) is 94.8 Å². The number of halogens is 2. The van der Waals surface area contributed by atoms with Gasteiger partial charge in [-0.05, 0) is 50.2 Å². The van der Waals surface area contributed by atoms with Gasteiger partial charge in [0.25, 0.3) is 5.91 Å². The second-order valence-corrected chi connectivity index (χ2v) is 11.7. The number of rotatable bonds is 5. The second kappa shape index (κ2) is 11.8. The van der Waals surface area contributed by atoms with E-state index in [0.29, 0.717) is 49.2 Å². The maximum Gasteiger partial charge on any atom is 0.324 e. The first-order valence-electron chi connectivity index (χ1n) is 14.1. The third kappa shape index (κ3) is 6.50. The van der Waals surface area contributed by atoms with Crippen LogP contribution in [0, 0.1) is 25.5 Å². The highest BCUT2D eigenvalue weighted by atomic mass is 19.1. The third-order valence-corrected chi connectivity index (χ3v) is 7.38. The largest absolute Gasteiger partial charge is 0.353 e. The van der Waals surface area contributed by atoms with E-state index < -0.39 is 29.1 Å². The second-order valence-electron chi connectivity index (χ2n) is 11.7. The molecule has 9 nitrogen and oxygen atoms in total. The average molecular weight is 588 g/mol. The van der Waals surface area contributed by atoms with Gasteiger partial charge in [-0.15, -0.1) is 0 Å². The smallest absolute Gasteiger partial charge is 0.324 e. The minimum absolute atomic E-state index is 0.216. The van der Waals surface area contributed by atoms with Gasteiger partial charge in [0.15, 0.2) is 0 Å². The summed E-state index contributed by atoms with van der Waals surface area (Å²) in [5.74, 6) is -1.18. The van der Waals surface area contributed by atoms with Crippen molar-refractivity contribution in [3.63, 3.8) is 0 Å². The summed E-state index contributed by atoms with van der Waals surface area (Å²) in [5, 5.41) is 10.6. The van der Waals surface area contributed by atoms with Crippen molar-refractivity contribution in [3.8, 4) is 5.69 Å². The fourth-order valence-corrected chi connectivity index (χ4v) is 4.84. The lowest BCUT2D eigenvalue weighted by molar-refractivity contribution is 0.0736. The first-order chi connectivity index (χ1) is 20.4. The lowest BCUT2D eigenvalue weighted by atomic mass is 9.92. The summed E-state index contributed by atoms with van der Waals surface area (Å²) in [6.45, 7) is 11.5. The normalized spacial score (nSPS) is 13.7. The summed E-state index contributed by atoms with van der Waals surface area (Å²) in [6, 6.07) is 16.3. The number of nitrogens with one attached hydrogen (secondary N) is 2. The van der Waals surface area contributed by atoms with Gasteiger partial charge in [0.05, 0.1) is 22.8 Å². The van der Waals surface area contributed by atoms with Crippen molar-refractivity contribution >= 4 is 29.3 Å². The van der Waals surface area contributed by atoms with Crippen molar-refractivity contribution in [2.45, 2.75) is 40.0 Å². The van der Waals surface area contributed by atoms with E-state index in [2.05, 4.69) is 36.4 Å². The first kappa shape index (κ1) is 29.7. The first-order valence-corrected chi connectivity index (χ1v) is 14.1. The zero-order valence-corrected chi connectivity index (χ0v) is 24.9. The van der Waals surface area contributed by atoms with Crippen LogP contribution in [-0.2, 0) is 5.41 Å². The summed E-state index contributed by atoms with van der Waals surface area (Å²) in [4.78, 5) is 33.9. The molecule has 0 aliphatic carbocycles. The minimum Gasteiger partial charge on any atom is -0.353 e. The van der Waals surface area contributed by atoms with E-state index in [-0.39, 0.29) is 5.41 Å². The molecule has 43 heavy (non-hydrogen) atoms. The van der Waals surface area contributed by atoms with Gasteiger partial charge in [0.2, 0.25) is 0 Å². The van der Waals surface area contributed by atoms with Crippen molar-refractivity contribution in [1.29, 1.82) is 0 Å². The van der Waals surface area contributed by atoms with Crippen molar-refractivity contribution < 1.29 is 18.4 Å². The number of hydrogen-bond donors (Lipinski definition) is 2. The van der Waals surface area contributed by atoms with Crippen LogP contribution >= 0.6 is 0 Å². The van der Waals surface area contributed by atoms with Crippen LogP contribution in [0.25, 0.3) is 5.69 Å². The molecule has 1 saturated heterocycles. The zero-order valence-electron chi connectivity index (χ0n) is 24.9. The van der Waals surface area contributed by atoms with Gasteiger partial charge in [-0.2, -0.15) is 5.10 Å². The van der Waals surface area contributed by atoms with E-state index in [1.807, 2.05) is 42.2 Å². The van der Waals surface area contributed by atoms with Gasteiger partial charge in [-0.25, -0.2) is 23.2 Å². The standard InChI is InChI=1S/C32H35F2N7O2/c1-20-9-11-22(12-10-20)41-28(19-26(38-41)32(3,4)5)37-31(43)36-25-13-14-27(35-21(25)2)39-15-17-40(18-16-39)30(42)29-23(33)7-6-8-24(29)34/h6-14,19H,15-18H2,1-5H3,(H2,36,37,43). The van der Waals surface area contributed by atoms with Crippen LogP contribution < -0.4 is 15.5 Å². The van der Waals surface area contributed by atoms with E-state index in [4.69, 9.17) is 5.10 Å². The van der Waals surface area contributed by atoms with E-state index >= 15 is 0 Å². The molecule has 1 fully saturated rings. The van der Waals surface area contributed by atoms with Gasteiger partial charge in [-0.1, -0.05) is 44.5 Å². The lowest BCUT2D eigenvalue weighted by Gasteiger charge is -2.35. The molecule has 3 amide bonds. The molecule has 0 unspecified atom stereocenters. The molecular weight excluding hydrogens is 552 g/mol. The number of carbonyl (C=O) groups excluding carboxylic acids is 2. The van der Waals surface area contributed by atoms with Crippen LogP contribution in [0.2, 0.25) is 0 Å². The van der Waals surface area contributed by atoms with Crippen molar-refractivity contribution in [2.24, 2.45) is 0 Å². The topological polar surface area (TPSA) is 95.4 Å². The van der Waals surface area contributed by atoms with Gasteiger partial charge in [-0.3, -0.25) is 10.1 Å². The molecule has 11 heteroatoms. The Bertz CT molecular complexity index is 1630. The number of piperazine rings is 1. The molecule has 5 rings (SSSR count). The highest BCUT2D eigenvalue weighted by Crippen LogP contribution is 2.27. The maximum absolute atomic E-state index is 14.1. The number of aryl methyl sites for hydroxylation is 2. The molecule has 2 aromatic heterocycles. The highest BCUT2D eigenvalue weighted by molar-refractivity contribution is 6.00. The Kier molecular flexibility index (Phi) is 8.16. The van der Waals surface area contributed by atoms with Crippen LogP contribution in [-0.4, -0.2) is 57.8 Å². The molecule has 0 spiro atoms. The van der Waals surface area contributed by atoms with E-state index in [9.17, 15) is 18.4 Å². The minimum atomic E-state index is -0.869. The Morgan fingerprint density at radius 1 is 0.860 bits per heavy atom. The highest BCUT2D eigenvalue weighted by Gasteiger charge is 2.27. The van der Waals surface area contributed by atoms with Crippen LogP contribution in [0.1, 0.15) is 48.1 Å². The molecule has 2 aromatic carbocycles. The molecular formula is C32H35F2N7O2. The summed E-state index contributed by atoms with van der Waals surface area (Å²) < 4.78 is 29.9. The number of aromatic nitrogens is 3. The number of hydrogen-bond acceptors (Lipinski definition) is 5.